The Morgan fingerprint density at radius 2 is 2.04 bits per heavy atom. The van der Waals surface area contributed by atoms with Crippen molar-refractivity contribution in [3.05, 3.63) is 42.0 Å². The average molecular weight is 454 g/mol. The van der Waals surface area contributed by atoms with E-state index in [0.717, 1.165) is 37.9 Å². The summed E-state index contributed by atoms with van der Waals surface area (Å²) < 4.78 is 0. The van der Waals surface area contributed by atoms with Gasteiger partial charge in [0.05, 0.1) is 0 Å². The number of nitrogens with zero attached hydrogens (tertiary/aromatic N) is 3. The summed E-state index contributed by atoms with van der Waals surface area (Å²) in [4.78, 5) is 9.30. The van der Waals surface area contributed by atoms with E-state index in [1.54, 1.807) is 0 Å². The van der Waals surface area contributed by atoms with Crippen molar-refractivity contribution in [2.24, 2.45) is 10.9 Å². The van der Waals surface area contributed by atoms with Crippen molar-refractivity contribution in [2.45, 2.75) is 19.3 Å². The van der Waals surface area contributed by atoms with Crippen molar-refractivity contribution in [1.82, 2.24) is 15.1 Å². The van der Waals surface area contributed by atoms with E-state index < -0.39 is 0 Å². The third-order valence-corrected chi connectivity index (χ3v) is 5.14. The third kappa shape index (κ3) is 5.71. The molecule has 4 nitrogen and oxygen atoms in total. The number of nitrogens with one attached hydrogen (secondary N) is 1. The quantitative estimate of drug-likeness (QED) is 0.432. The van der Waals surface area contributed by atoms with Gasteiger partial charge in [0.15, 0.2) is 5.96 Å². The van der Waals surface area contributed by atoms with Gasteiger partial charge in [-0.15, -0.1) is 24.0 Å². The minimum Gasteiger partial charge on any atom is -0.356 e. The van der Waals surface area contributed by atoms with Gasteiger partial charge in [0.1, 0.15) is 0 Å². The lowest BCUT2D eigenvalue weighted by atomic mass is 9.98. The topological polar surface area (TPSA) is 30.9 Å². The second kappa shape index (κ2) is 10.2. The molecule has 1 aromatic rings. The average Bonchev–Trinajstić information content (AvgIpc) is 2.64. The Kier molecular flexibility index (Phi) is 8.22. The van der Waals surface area contributed by atoms with Crippen LogP contribution in [-0.2, 0) is 0 Å². The molecule has 0 radical (unpaired) electrons. The van der Waals surface area contributed by atoms with E-state index in [1.165, 1.54) is 37.1 Å². The molecule has 1 N–H and O–H groups in total. The normalized spacial score (nSPS) is 22.2. The van der Waals surface area contributed by atoms with E-state index >= 15 is 0 Å². The molecule has 25 heavy (non-hydrogen) atoms. The van der Waals surface area contributed by atoms with Gasteiger partial charge in [0, 0.05) is 33.2 Å². The highest BCUT2D eigenvalue weighted by Crippen LogP contribution is 2.22. The van der Waals surface area contributed by atoms with E-state index in [1.807, 2.05) is 7.05 Å². The number of guanidine groups is 1. The molecular formula is C20H31IN4. The molecule has 3 rings (SSSR count). The lowest BCUT2D eigenvalue weighted by Gasteiger charge is -2.33. The Bertz CT molecular complexity index is 585. The predicted molar refractivity (Wildman–Crippen MR) is 118 cm³/mol. The molecule has 0 saturated carbocycles. The van der Waals surface area contributed by atoms with Crippen LogP contribution in [0.5, 0.6) is 0 Å². The van der Waals surface area contributed by atoms with Crippen molar-refractivity contribution in [3.63, 3.8) is 0 Å². The number of hydrogen-bond donors (Lipinski definition) is 1. The number of halogens is 1. The summed E-state index contributed by atoms with van der Waals surface area (Å²) in [5.41, 5.74) is 2.81. The molecule has 5 heteroatoms. The molecule has 2 aliphatic rings. The summed E-state index contributed by atoms with van der Waals surface area (Å²) in [6.45, 7) is 5.44. The summed E-state index contributed by atoms with van der Waals surface area (Å²) in [7, 11) is 4.12. The molecule has 0 aromatic heterocycles. The Balaban J connectivity index is 0.00000225. The van der Waals surface area contributed by atoms with Crippen LogP contribution in [0.15, 0.2) is 41.4 Å². The van der Waals surface area contributed by atoms with Crippen molar-refractivity contribution in [3.8, 4) is 0 Å². The van der Waals surface area contributed by atoms with Gasteiger partial charge < -0.3 is 15.1 Å². The zero-order chi connectivity index (χ0) is 16.8. The van der Waals surface area contributed by atoms with Gasteiger partial charge in [-0.25, -0.2) is 0 Å². The molecule has 2 heterocycles. The van der Waals surface area contributed by atoms with Crippen LogP contribution in [0.4, 0.5) is 0 Å². The number of likely N-dealkylation sites (tertiary alicyclic amines) is 1. The third-order valence-electron chi connectivity index (χ3n) is 5.14. The monoisotopic (exact) mass is 454 g/mol. The standard InChI is InChI=1S/C20H30N4.HI/c1-21-20(22-15-17-7-6-12-23(2)16-17)24-13-10-19(11-14-24)18-8-4-3-5-9-18;/h3-5,8-10,17H,6-7,11-16H2,1-2H3,(H,21,22);1H. The molecule has 0 amide bonds. The molecule has 138 valence electrons. The molecule has 1 unspecified atom stereocenters. The first kappa shape index (κ1) is 20.2. The first-order chi connectivity index (χ1) is 11.8. The Labute approximate surface area is 169 Å². The van der Waals surface area contributed by atoms with E-state index in [9.17, 15) is 0 Å². The van der Waals surface area contributed by atoms with Gasteiger partial charge in [-0.2, -0.15) is 0 Å². The number of rotatable bonds is 3. The minimum atomic E-state index is 0. The lowest BCUT2D eigenvalue weighted by molar-refractivity contribution is 0.209. The highest BCUT2D eigenvalue weighted by atomic mass is 127. The van der Waals surface area contributed by atoms with Gasteiger partial charge in [-0.05, 0) is 49.9 Å². The second-order valence-electron chi connectivity index (χ2n) is 6.99. The van der Waals surface area contributed by atoms with Gasteiger partial charge in [0.25, 0.3) is 0 Å². The maximum absolute atomic E-state index is 4.50. The van der Waals surface area contributed by atoms with Gasteiger partial charge in [0.2, 0.25) is 0 Å². The summed E-state index contributed by atoms with van der Waals surface area (Å²) in [5.74, 6) is 1.78. The van der Waals surface area contributed by atoms with Crippen LogP contribution >= 0.6 is 24.0 Å². The second-order valence-corrected chi connectivity index (χ2v) is 6.99. The van der Waals surface area contributed by atoms with Crippen LogP contribution in [0.25, 0.3) is 5.57 Å². The minimum absolute atomic E-state index is 0. The fraction of sp³-hybridized carbons (Fsp3) is 0.550. The van der Waals surface area contributed by atoms with Crippen LogP contribution in [-0.4, -0.2) is 62.6 Å². The Morgan fingerprint density at radius 1 is 1.24 bits per heavy atom. The van der Waals surface area contributed by atoms with Crippen LogP contribution in [0.3, 0.4) is 0 Å². The number of benzene rings is 1. The molecular weight excluding hydrogens is 423 g/mol. The molecule has 1 fully saturated rings. The fourth-order valence-corrected chi connectivity index (χ4v) is 3.78. The van der Waals surface area contributed by atoms with Crippen LogP contribution in [0.2, 0.25) is 0 Å². The number of aliphatic imine (C=N–C) groups is 1. The molecule has 0 aliphatic carbocycles. The van der Waals surface area contributed by atoms with E-state index in [4.69, 9.17) is 0 Å². The lowest BCUT2D eigenvalue weighted by Crippen LogP contribution is -2.46. The van der Waals surface area contributed by atoms with Gasteiger partial charge in [-0.1, -0.05) is 36.4 Å². The number of piperidine rings is 1. The predicted octanol–water partition coefficient (Wildman–Crippen LogP) is 3.31. The molecule has 2 aliphatic heterocycles. The van der Waals surface area contributed by atoms with E-state index in [-0.39, 0.29) is 24.0 Å². The summed E-state index contributed by atoms with van der Waals surface area (Å²) in [6, 6.07) is 10.7. The van der Waals surface area contributed by atoms with Crippen molar-refractivity contribution in [1.29, 1.82) is 0 Å². The zero-order valence-corrected chi connectivity index (χ0v) is 17.8. The fourth-order valence-electron chi connectivity index (χ4n) is 3.78. The maximum Gasteiger partial charge on any atom is 0.193 e. The smallest absolute Gasteiger partial charge is 0.193 e. The summed E-state index contributed by atoms with van der Waals surface area (Å²) in [5, 5.41) is 3.60. The van der Waals surface area contributed by atoms with Crippen LogP contribution in [0.1, 0.15) is 24.8 Å². The largest absolute Gasteiger partial charge is 0.356 e. The molecule has 0 spiro atoms. The molecule has 1 saturated heterocycles. The van der Waals surface area contributed by atoms with Gasteiger partial charge >= 0.3 is 0 Å². The highest BCUT2D eigenvalue weighted by Gasteiger charge is 2.20. The molecule has 1 aromatic carbocycles. The number of hydrogen-bond acceptors (Lipinski definition) is 2. The van der Waals surface area contributed by atoms with Crippen molar-refractivity contribution >= 4 is 35.5 Å². The SMILES string of the molecule is CN=C(NCC1CCCN(C)C1)N1CC=C(c2ccccc2)CC1.I. The van der Waals surface area contributed by atoms with Crippen LogP contribution in [0, 0.1) is 5.92 Å². The van der Waals surface area contributed by atoms with E-state index in [0.29, 0.717) is 0 Å². The van der Waals surface area contributed by atoms with Crippen LogP contribution < -0.4 is 5.32 Å². The Morgan fingerprint density at radius 3 is 2.68 bits per heavy atom. The van der Waals surface area contributed by atoms with E-state index in [2.05, 4.69) is 63.6 Å². The van der Waals surface area contributed by atoms with Crippen molar-refractivity contribution < 1.29 is 0 Å². The van der Waals surface area contributed by atoms with Crippen molar-refractivity contribution in [2.75, 3.05) is 46.8 Å². The van der Waals surface area contributed by atoms with Gasteiger partial charge in [-0.3, -0.25) is 4.99 Å². The highest BCUT2D eigenvalue weighted by molar-refractivity contribution is 14.0. The zero-order valence-electron chi connectivity index (χ0n) is 15.4. The Hall–Kier alpha value is -1.08. The maximum atomic E-state index is 4.50. The molecule has 0 bridgehead atoms. The molecule has 1 atom stereocenters. The summed E-state index contributed by atoms with van der Waals surface area (Å²) >= 11 is 0. The summed E-state index contributed by atoms with van der Waals surface area (Å²) in [6.07, 6.45) is 6.07. The first-order valence-electron chi connectivity index (χ1n) is 9.15. The first-order valence-corrected chi connectivity index (χ1v) is 9.15.